The first kappa shape index (κ1) is 21.7. The van der Waals surface area contributed by atoms with Gasteiger partial charge in [0, 0.05) is 17.8 Å². The summed E-state index contributed by atoms with van der Waals surface area (Å²) < 4.78 is 15.9. The minimum Gasteiger partial charge on any atom is -0.493 e. The van der Waals surface area contributed by atoms with Crippen LogP contribution in [0.2, 0.25) is 0 Å². The van der Waals surface area contributed by atoms with Crippen molar-refractivity contribution in [2.24, 2.45) is 0 Å². The fourth-order valence-electron chi connectivity index (χ4n) is 2.32. The maximum Gasteiger partial charge on any atom is 0.338 e. The first-order chi connectivity index (χ1) is 13.9. The summed E-state index contributed by atoms with van der Waals surface area (Å²) in [6, 6.07) is 9.93. The van der Waals surface area contributed by atoms with Gasteiger partial charge in [0.25, 0.3) is 11.6 Å². The number of nitro groups is 1. The zero-order valence-electron chi connectivity index (χ0n) is 16.2. The molecule has 154 valence electrons. The Morgan fingerprint density at radius 3 is 2.45 bits per heavy atom. The molecule has 29 heavy (non-hydrogen) atoms. The van der Waals surface area contributed by atoms with Crippen molar-refractivity contribution in [3.05, 3.63) is 58.1 Å². The Labute approximate surface area is 167 Å². The van der Waals surface area contributed by atoms with Gasteiger partial charge < -0.3 is 19.5 Å². The van der Waals surface area contributed by atoms with Crippen molar-refractivity contribution in [2.45, 2.75) is 19.8 Å². The average Bonchev–Trinajstić information content (AvgIpc) is 2.72. The van der Waals surface area contributed by atoms with Gasteiger partial charge in [-0.2, -0.15) is 0 Å². The molecule has 0 saturated heterocycles. The molecule has 0 fully saturated rings. The van der Waals surface area contributed by atoms with Crippen LogP contribution in [0.25, 0.3) is 0 Å². The van der Waals surface area contributed by atoms with E-state index < -0.39 is 23.4 Å². The number of anilines is 1. The lowest BCUT2D eigenvalue weighted by molar-refractivity contribution is -0.384. The maximum atomic E-state index is 12.2. The van der Waals surface area contributed by atoms with Crippen LogP contribution in [0.5, 0.6) is 11.5 Å². The van der Waals surface area contributed by atoms with Gasteiger partial charge in [0.2, 0.25) is 0 Å². The first-order valence-corrected chi connectivity index (χ1v) is 8.97. The monoisotopic (exact) mass is 402 g/mol. The number of hydrogen-bond donors (Lipinski definition) is 1. The number of carbonyl (C=O) groups is 2. The minimum absolute atomic E-state index is 0.0921. The summed E-state index contributed by atoms with van der Waals surface area (Å²) in [6.07, 6.45) is 1.89. The number of nitrogens with zero attached hydrogens (tertiary/aromatic N) is 1. The molecule has 0 heterocycles. The molecule has 0 unspecified atom stereocenters. The fraction of sp³-hybridized carbons (Fsp3) is 0.300. The molecule has 0 aliphatic rings. The Bertz CT molecular complexity index is 866. The zero-order valence-corrected chi connectivity index (χ0v) is 16.2. The lowest BCUT2D eigenvalue weighted by Gasteiger charge is -2.12. The molecule has 0 bridgehead atoms. The topological polar surface area (TPSA) is 117 Å². The lowest BCUT2D eigenvalue weighted by atomic mass is 10.2. The Morgan fingerprint density at radius 1 is 1.10 bits per heavy atom. The number of non-ortho nitro benzene ring substituents is 1. The van der Waals surface area contributed by atoms with Gasteiger partial charge in [-0.15, -0.1) is 0 Å². The van der Waals surface area contributed by atoms with E-state index in [2.05, 4.69) is 12.2 Å². The van der Waals surface area contributed by atoms with Gasteiger partial charge in [0.1, 0.15) is 0 Å². The van der Waals surface area contributed by atoms with E-state index in [-0.39, 0.29) is 11.3 Å². The van der Waals surface area contributed by atoms with Crippen molar-refractivity contribution in [1.82, 2.24) is 0 Å². The third kappa shape index (κ3) is 6.49. The molecule has 0 aliphatic carbocycles. The first-order valence-electron chi connectivity index (χ1n) is 8.97. The van der Waals surface area contributed by atoms with Crippen LogP contribution < -0.4 is 14.8 Å². The standard InChI is InChI=1S/C20H22N2O7/c1-3-4-11-28-17-10-5-14(12-18(17)27-2)20(24)29-13-19(23)21-15-6-8-16(9-7-15)22(25)26/h5-10,12H,3-4,11,13H2,1-2H3,(H,21,23). The number of esters is 1. The van der Waals surface area contributed by atoms with Gasteiger partial charge in [-0.1, -0.05) is 13.3 Å². The molecule has 2 aromatic rings. The van der Waals surface area contributed by atoms with Crippen LogP contribution in [0.4, 0.5) is 11.4 Å². The van der Waals surface area contributed by atoms with Crippen molar-refractivity contribution >= 4 is 23.3 Å². The summed E-state index contributed by atoms with van der Waals surface area (Å²) in [5, 5.41) is 13.1. The fourth-order valence-corrected chi connectivity index (χ4v) is 2.32. The number of ether oxygens (including phenoxy) is 3. The molecular formula is C20H22N2O7. The number of amides is 1. The Balaban J connectivity index is 1.90. The van der Waals surface area contributed by atoms with Gasteiger partial charge >= 0.3 is 5.97 Å². The molecule has 0 spiro atoms. The SMILES string of the molecule is CCCCOc1ccc(C(=O)OCC(=O)Nc2ccc([N+](=O)[O-])cc2)cc1OC. The molecule has 0 saturated carbocycles. The minimum atomic E-state index is -0.692. The predicted molar refractivity (Wildman–Crippen MR) is 105 cm³/mol. The molecule has 0 atom stereocenters. The number of carbonyl (C=O) groups excluding carboxylic acids is 2. The van der Waals surface area contributed by atoms with E-state index in [0.29, 0.717) is 23.8 Å². The van der Waals surface area contributed by atoms with E-state index in [9.17, 15) is 19.7 Å². The Morgan fingerprint density at radius 2 is 1.83 bits per heavy atom. The molecule has 0 aliphatic heterocycles. The van der Waals surface area contributed by atoms with Gasteiger partial charge in [-0.3, -0.25) is 14.9 Å². The number of nitrogens with one attached hydrogen (secondary N) is 1. The molecule has 1 amide bonds. The molecule has 0 aromatic heterocycles. The van der Waals surface area contributed by atoms with Crippen LogP contribution in [-0.2, 0) is 9.53 Å². The van der Waals surface area contributed by atoms with Crippen molar-refractivity contribution in [2.75, 3.05) is 25.6 Å². The highest BCUT2D eigenvalue weighted by Crippen LogP contribution is 2.28. The van der Waals surface area contributed by atoms with E-state index in [4.69, 9.17) is 14.2 Å². The second-order valence-corrected chi connectivity index (χ2v) is 6.00. The number of nitro benzene ring substituents is 1. The van der Waals surface area contributed by atoms with E-state index in [1.165, 1.54) is 43.5 Å². The molecule has 9 heteroatoms. The summed E-state index contributed by atoms with van der Waals surface area (Å²) >= 11 is 0. The van der Waals surface area contributed by atoms with Gasteiger partial charge in [-0.25, -0.2) is 4.79 Å². The van der Waals surface area contributed by atoms with E-state index in [1.54, 1.807) is 6.07 Å². The Kier molecular flexibility index (Phi) is 7.96. The predicted octanol–water partition coefficient (Wildman–Crippen LogP) is 3.58. The number of rotatable bonds is 10. The molecule has 2 aromatic carbocycles. The number of methoxy groups -OCH3 is 1. The summed E-state index contributed by atoms with van der Waals surface area (Å²) in [4.78, 5) is 34.2. The van der Waals surface area contributed by atoms with E-state index >= 15 is 0 Å². The van der Waals surface area contributed by atoms with Gasteiger partial charge in [0.15, 0.2) is 18.1 Å². The zero-order chi connectivity index (χ0) is 21.2. The van der Waals surface area contributed by atoms with Crippen molar-refractivity contribution in [1.29, 1.82) is 0 Å². The Hall–Kier alpha value is -3.62. The third-order valence-corrected chi connectivity index (χ3v) is 3.85. The van der Waals surface area contributed by atoms with Crippen molar-refractivity contribution in [3.8, 4) is 11.5 Å². The van der Waals surface area contributed by atoms with Crippen molar-refractivity contribution in [3.63, 3.8) is 0 Å². The van der Waals surface area contributed by atoms with Crippen LogP contribution in [-0.4, -0.2) is 37.1 Å². The van der Waals surface area contributed by atoms with Crippen molar-refractivity contribution < 1.29 is 28.7 Å². The molecular weight excluding hydrogens is 380 g/mol. The highest BCUT2D eigenvalue weighted by molar-refractivity contribution is 5.95. The highest BCUT2D eigenvalue weighted by Gasteiger charge is 2.14. The van der Waals surface area contributed by atoms with Crippen LogP contribution >= 0.6 is 0 Å². The highest BCUT2D eigenvalue weighted by atomic mass is 16.6. The largest absolute Gasteiger partial charge is 0.493 e. The maximum absolute atomic E-state index is 12.2. The quantitative estimate of drug-likeness (QED) is 0.279. The summed E-state index contributed by atoms with van der Waals surface area (Å²) in [6.45, 7) is 2.09. The van der Waals surface area contributed by atoms with E-state index in [0.717, 1.165) is 12.8 Å². The van der Waals surface area contributed by atoms with E-state index in [1.807, 2.05) is 0 Å². The second kappa shape index (κ2) is 10.6. The summed E-state index contributed by atoms with van der Waals surface area (Å²) in [5.41, 5.74) is 0.477. The molecule has 1 N–H and O–H groups in total. The van der Waals surface area contributed by atoms with Gasteiger partial charge in [0.05, 0.1) is 24.2 Å². The molecule has 0 radical (unpaired) electrons. The smallest absolute Gasteiger partial charge is 0.338 e. The summed E-state index contributed by atoms with van der Waals surface area (Å²) in [7, 11) is 1.47. The van der Waals surface area contributed by atoms with Crippen LogP contribution in [0.1, 0.15) is 30.1 Å². The number of hydrogen-bond acceptors (Lipinski definition) is 7. The normalized spacial score (nSPS) is 10.1. The van der Waals surface area contributed by atoms with Gasteiger partial charge in [-0.05, 0) is 36.8 Å². The third-order valence-electron chi connectivity index (χ3n) is 3.85. The van der Waals surface area contributed by atoms with Crippen LogP contribution in [0.3, 0.4) is 0 Å². The molecule has 2 rings (SSSR count). The lowest BCUT2D eigenvalue weighted by Crippen LogP contribution is -2.21. The molecule has 9 nitrogen and oxygen atoms in total. The summed E-state index contributed by atoms with van der Waals surface area (Å²) in [5.74, 6) is -0.347. The average molecular weight is 402 g/mol. The number of unbranched alkanes of at least 4 members (excludes halogenated alkanes) is 1. The number of benzene rings is 2. The van der Waals surface area contributed by atoms with Crippen LogP contribution in [0, 0.1) is 10.1 Å². The van der Waals surface area contributed by atoms with Crippen LogP contribution in [0.15, 0.2) is 42.5 Å². The second-order valence-electron chi connectivity index (χ2n) is 6.00.